The SMILES string of the molecule is Cc1c([C@](C)(C(=O)O)C2CCCC2)c2cc(O)ccc2n1C(=O)c1ccc(Cl)c(Cl)c1. The highest BCUT2D eigenvalue weighted by molar-refractivity contribution is 6.42. The van der Waals surface area contributed by atoms with Crippen molar-refractivity contribution in [2.75, 3.05) is 0 Å². The van der Waals surface area contributed by atoms with Crippen molar-refractivity contribution in [1.29, 1.82) is 0 Å². The molecule has 1 saturated carbocycles. The maximum absolute atomic E-state index is 13.5. The first-order valence-electron chi connectivity index (χ1n) is 10.2. The Labute approximate surface area is 190 Å². The molecule has 7 heteroatoms. The Kier molecular flexibility index (Phi) is 5.52. The summed E-state index contributed by atoms with van der Waals surface area (Å²) >= 11 is 12.1. The predicted octanol–water partition coefficient (Wildman–Crippen LogP) is 6.18. The second-order valence-electron chi connectivity index (χ2n) is 8.42. The van der Waals surface area contributed by atoms with Gasteiger partial charge in [0.2, 0.25) is 0 Å². The van der Waals surface area contributed by atoms with E-state index in [1.165, 1.54) is 16.7 Å². The molecule has 0 aliphatic heterocycles. The normalized spacial score (nSPS) is 16.5. The molecule has 1 aliphatic carbocycles. The van der Waals surface area contributed by atoms with Crippen LogP contribution in [0.2, 0.25) is 10.0 Å². The van der Waals surface area contributed by atoms with Crippen molar-refractivity contribution in [3.05, 3.63) is 63.3 Å². The fourth-order valence-corrected chi connectivity index (χ4v) is 5.37. The molecule has 0 bridgehead atoms. The maximum Gasteiger partial charge on any atom is 0.314 e. The van der Waals surface area contributed by atoms with Gasteiger partial charge in [-0.1, -0.05) is 36.0 Å². The molecule has 2 N–H and O–H groups in total. The van der Waals surface area contributed by atoms with Crippen molar-refractivity contribution in [2.45, 2.75) is 44.9 Å². The molecule has 1 aliphatic rings. The Morgan fingerprint density at radius 1 is 1.06 bits per heavy atom. The van der Waals surface area contributed by atoms with E-state index >= 15 is 0 Å². The second kappa shape index (κ2) is 7.88. The van der Waals surface area contributed by atoms with Crippen LogP contribution in [0.15, 0.2) is 36.4 Å². The van der Waals surface area contributed by atoms with Crippen LogP contribution in [-0.2, 0) is 10.2 Å². The van der Waals surface area contributed by atoms with Crippen LogP contribution in [0.5, 0.6) is 5.75 Å². The van der Waals surface area contributed by atoms with Crippen molar-refractivity contribution < 1.29 is 19.8 Å². The summed E-state index contributed by atoms with van der Waals surface area (Å²) in [6, 6.07) is 9.35. The van der Waals surface area contributed by atoms with E-state index in [0.29, 0.717) is 32.7 Å². The summed E-state index contributed by atoms with van der Waals surface area (Å²) in [4.78, 5) is 26.1. The summed E-state index contributed by atoms with van der Waals surface area (Å²) in [5, 5.41) is 21.7. The Bertz CT molecular complexity index is 1210. The van der Waals surface area contributed by atoms with Gasteiger partial charge in [-0.15, -0.1) is 0 Å². The van der Waals surface area contributed by atoms with Crippen LogP contribution in [0.1, 0.15) is 54.2 Å². The van der Waals surface area contributed by atoms with E-state index in [9.17, 15) is 19.8 Å². The summed E-state index contributed by atoms with van der Waals surface area (Å²) in [6.45, 7) is 3.50. The summed E-state index contributed by atoms with van der Waals surface area (Å²) in [5.41, 5.74) is 0.828. The summed E-state index contributed by atoms with van der Waals surface area (Å²) in [6.07, 6.45) is 3.60. The summed E-state index contributed by atoms with van der Waals surface area (Å²) < 4.78 is 1.51. The highest BCUT2D eigenvalue weighted by Crippen LogP contribution is 2.47. The van der Waals surface area contributed by atoms with Crippen LogP contribution >= 0.6 is 23.2 Å². The number of carboxylic acid groups (broad SMARTS) is 1. The van der Waals surface area contributed by atoms with E-state index in [1.807, 2.05) is 0 Å². The van der Waals surface area contributed by atoms with Gasteiger partial charge in [-0.3, -0.25) is 14.2 Å². The molecule has 162 valence electrons. The number of fused-ring (bicyclic) bond motifs is 1. The van der Waals surface area contributed by atoms with Crippen molar-refractivity contribution in [2.24, 2.45) is 5.92 Å². The average Bonchev–Trinajstić information content (AvgIpc) is 3.35. The largest absolute Gasteiger partial charge is 0.508 e. The zero-order valence-corrected chi connectivity index (χ0v) is 18.8. The average molecular weight is 460 g/mol. The first kappa shape index (κ1) is 21.7. The van der Waals surface area contributed by atoms with E-state index in [1.54, 1.807) is 38.1 Å². The first-order valence-corrected chi connectivity index (χ1v) is 11.0. The van der Waals surface area contributed by atoms with Crippen LogP contribution < -0.4 is 0 Å². The molecule has 31 heavy (non-hydrogen) atoms. The summed E-state index contributed by atoms with van der Waals surface area (Å²) in [7, 11) is 0. The minimum absolute atomic E-state index is 0.0204. The van der Waals surface area contributed by atoms with Gasteiger partial charge in [0.05, 0.1) is 21.0 Å². The minimum Gasteiger partial charge on any atom is -0.508 e. The number of phenolic OH excluding ortho intramolecular Hbond substituents is 1. The van der Waals surface area contributed by atoms with Gasteiger partial charge in [-0.25, -0.2) is 0 Å². The standard InChI is InChI=1S/C24H23Cl2NO4/c1-13-21(24(2,23(30)31)15-5-3-4-6-15)17-12-16(28)8-10-20(17)27(13)22(29)14-7-9-18(25)19(26)11-14/h7-12,15,28H,3-6H2,1-2H3,(H,30,31)/t24-/m1/s1. The van der Waals surface area contributed by atoms with Crippen molar-refractivity contribution in [1.82, 2.24) is 4.57 Å². The number of benzene rings is 2. The van der Waals surface area contributed by atoms with E-state index in [4.69, 9.17) is 23.2 Å². The van der Waals surface area contributed by atoms with Crippen molar-refractivity contribution in [3.63, 3.8) is 0 Å². The third kappa shape index (κ3) is 3.40. The van der Waals surface area contributed by atoms with Crippen molar-refractivity contribution in [3.8, 4) is 5.75 Å². The van der Waals surface area contributed by atoms with Gasteiger partial charge in [0.1, 0.15) is 5.75 Å². The zero-order valence-electron chi connectivity index (χ0n) is 17.3. The highest BCUT2D eigenvalue weighted by atomic mass is 35.5. The number of hydrogen-bond donors (Lipinski definition) is 2. The van der Waals surface area contributed by atoms with Gasteiger partial charge in [0.25, 0.3) is 5.91 Å². The highest BCUT2D eigenvalue weighted by Gasteiger charge is 2.47. The van der Waals surface area contributed by atoms with Crippen molar-refractivity contribution >= 4 is 46.0 Å². The number of aromatic hydroxyl groups is 1. The van der Waals surface area contributed by atoms with Crippen LogP contribution in [0, 0.1) is 12.8 Å². The number of aromatic nitrogens is 1. The lowest BCUT2D eigenvalue weighted by Gasteiger charge is -2.32. The van der Waals surface area contributed by atoms with Gasteiger partial charge in [0, 0.05) is 16.6 Å². The van der Waals surface area contributed by atoms with Gasteiger partial charge < -0.3 is 10.2 Å². The number of carbonyl (C=O) groups excluding carboxylic acids is 1. The topological polar surface area (TPSA) is 79.5 Å². The predicted molar refractivity (Wildman–Crippen MR) is 121 cm³/mol. The van der Waals surface area contributed by atoms with Crippen LogP contribution in [0.3, 0.4) is 0 Å². The fraction of sp³-hybridized carbons (Fsp3) is 0.333. The number of phenols is 1. The third-order valence-corrected chi connectivity index (χ3v) is 7.43. The molecular formula is C24H23Cl2NO4. The van der Waals surface area contributed by atoms with Gasteiger partial charge in [-0.2, -0.15) is 0 Å². The fourth-order valence-electron chi connectivity index (χ4n) is 5.07. The third-order valence-electron chi connectivity index (χ3n) is 6.69. The molecule has 0 saturated heterocycles. The number of hydrogen-bond acceptors (Lipinski definition) is 3. The molecule has 4 rings (SSSR count). The van der Waals surface area contributed by atoms with E-state index < -0.39 is 11.4 Å². The Morgan fingerprint density at radius 2 is 1.74 bits per heavy atom. The molecule has 0 amide bonds. The smallest absolute Gasteiger partial charge is 0.314 e. The van der Waals surface area contributed by atoms with E-state index in [0.717, 1.165) is 25.7 Å². The lowest BCUT2D eigenvalue weighted by atomic mass is 9.70. The number of carboxylic acids is 1. The first-order chi connectivity index (χ1) is 14.7. The molecular weight excluding hydrogens is 437 g/mol. The molecule has 1 aromatic heterocycles. The molecule has 5 nitrogen and oxygen atoms in total. The molecule has 1 fully saturated rings. The number of carbonyl (C=O) groups is 2. The van der Waals surface area contributed by atoms with Gasteiger partial charge in [-0.05, 0) is 74.6 Å². The number of aliphatic carboxylic acids is 1. The molecule has 3 aromatic rings. The van der Waals surface area contributed by atoms with Crippen LogP contribution in [0.4, 0.5) is 0 Å². The molecule has 1 heterocycles. The lowest BCUT2D eigenvalue weighted by molar-refractivity contribution is -0.145. The van der Waals surface area contributed by atoms with Gasteiger partial charge in [0.15, 0.2) is 0 Å². The molecule has 0 unspecified atom stereocenters. The molecule has 1 atom stereocenters. The van der Waals surface area contributed by atoms with Crippen LogP contribution in [0.25, 0.3) is 10.9 Å². The minimum atomic E-state index is -1.18. The Balaban J connectivity index is 2.00. The van der Waals surface area contributed by atoms with E-state index in [2.05, 4.69) is 0 Å². The number of halogens is 2. The molecule has 0 spiro atoms. The zero-order chi connectivity index (χ0) is 22.5. The lowest BCUT2D eigenvalue weighted by Crippen LogP contribution is -2.40. The second-order valence-corrected chi connectivity index (χ2v) is 9.23. The Morgan fingerprint density at radius 3 is 2.35 bits per heavy atom. The van der Waals surface area contributed by atoms with E-state index in [-0.39, 0.29) is 22.6 Å². The van der Waals surface area contributed by atoms with Gasteiger partial charge >= 0.3 is 5.97 Å². The summed E-state index contributed by atoms with van der Waals surface area (Å²) in [5.74, 6) is -1.29. The quantitative estimate of drug-likeness (QED) is 0.487. The number of rotatable bonds is 4. The Hall–Kier alpha value is -2.50. The number of nitrogens with zero attached hydrogens (tertiary/aromatic N) is 1. The van der Waals surface area contributed by atoms with Crippen LogP contribution in [-0.4, -0.2) is 26.7 Å². The monoisotopic (exact) mass is 459 g/mol. The maximum atomic E-state index is 13.5. The molecule has 2 aromatic carbocycles. The molecule has 0 radical (unpaired) electrons.